The summed E-state index contributed by atoms with van der Waals surface area (Å²) in [5.74, 6) is 0.615. The SMILES string of the molecule is Cc1ccn(C2CC(c3ccccc3)CCC2C#N)n1. The van der Waals surface area contributed by atoms with Gasteiger partial charge in [0.1, 0.15) is 0 Å². The second-order valence-corrected chi connectivity index (χ2v) is 5.66. The lowest BCUT2D eigenvalue weighted by molar-refractivity contribution is 0.245. The zero-order valence-electron chi connectivity index (χ0n) is 11.7. The lowest BCUT2D eigenvalue weighted by Crippen LogP contribution is -2.26. The van der Waals surface area contributed by atoms with Gasteiger partial charge in [0, 0.05) is 6.20 Å². The summed E-state index contributed by atoms with van der Waals surface area (Å²) in [6.45, 7) is 2.00. The van der Waals surface area contributed by atoms with Crippen molar-refractivity contribution in [2.45, 2.75) is 38.1 Å². The van der Waals surface area contributed by atoms with Gasteiger partial charge in [0.25, 0.3) is 0 Å². The molecule has 1 saturated carbocycles. The fourth-order valence-corrected chi connectivity index (χ4v) is 3.24. The highest BCUT2D eigenvalue weighted by Gasteiger charge is 2.32. The van der Waals surface area contributed by atoms with Gasteiger partial charge in [-0.25, -0.2) is 0 Å². The molecule has 102 valence electrons. The van der Waals surface area contributed by atoms with E-state index in [2.05, 4.69) is 41.5 Å². The molecule has 0 radical (unpaired) electrons. The standard InChI is InChI=1S/C17H19N3/c1-13-9-10-20(19-13)17-11-15(7-8-16(17)12-18)14-5-3-2-4-6-14/h2-6,9-10,15-17H,7-8,11H2,1H3. The largest absolute Gasteiger partial charge is 0.268 e. The maximum Gasteiger partial charge on any atom is 0.0688 e. The van der Waals surface area contributed by atoms with E-state index in [-0.39, 0.29) is 12.0 Å². The Kier molecular flexibility index (Phi) is 3.56. The first-order valence-electron chi connectivity index (χ1n) is 7.24. The molecule has 20 heavy (non-hydrogen) atoms. The molecule has 0 spiro atoms. The Balaban J connectivity index is 1.85. The Morgan fingerprint density at radius 2 is 2.00 bits per heavy atom. The van der Waals surface area contributed by atoms with Crippen LogP contribution in [0.5, 0.6) is 0 Å². The molecule has 1 aliphatic carbocycles. The molecule has 0 N–H and O–H groups in total. The third-order valence-electron chi connectivity index (χ3n) is 4.33. The van der Waals surface area contributed by atoms with E-state index in [0.717, 1.165) is 25.0 Å². The lowest BCUT2D eigenvalue weighted by atomic mass is 9.76. The van der Waals surface area contributed by atoms with Crippen molar-refractivity contribution in [1.82, 2.24) is 9.78 Å². The van der Waals surface area contributed by atoms with Crippen molar-refractivity contribution in [2.75, 3.05) is 0 Å². The predicted octanol–water partition coefficient (Wildman–Crippen LogP) is 3.84. The van der Waals surface area contributed by atoms with Crippen molar-refractivity contribution in [3.8, 4) is 6.07 Å². The molecule has 1 heterocycles. The third-order valence-corrected chi connectivity index (χ3v) is 4.33. The highest BCUT2D eigenvalue weighted by Crippen LogP contribution is 2.41. The van der Waals surface area contributed by atoms with Crippen LogP contribution in [0.25, 0.3) is 0 Å². The quantitative estimate of drug-likeness (QED) is 0.827. The average Bonchev–Trinajstić information content (AvgIpc) is 2.94. The number of nitrogens with zero attached hydrogens (tertiary/aromatic N) is 3. The summed E-state index contributed by atoms with van der Waals surface area (Å²) in [6, 6.07) is 15.3. The van der Waals surface area contributed by atoms with E-state index in [1.54, 1.807) is 0 Å². The highest BCUT2D eigenvalue weighted by atomic mass is 15.3. The molecular weight excluding hydrogens is 246 g/mol. The number of aryl methyl sites for hydroxylation is 1. The van der Waals surface area contributed by atoms with Crippen LogP contribution in [-0.2, 0) is 0 Å². The predicted molar refractivity (Wildman–Crippen MR) is 78.1 cm³/mol. The van der Waals surface area contributed by atoms with Gasteiger partial charge in [-0.1, -0.05) is 30.3 Å². The average molecular weight is 265 g/mol. The number of rotatable bonds is 2. The maximum atomic E-state index is 9.40. The number of nitriles is 1. The normalized spacial score (nSPS) is 26.1. The van der Waals surface area contributed by atoms with Gasteiger partial charge in [0.05, 0.1) is 23.7 Å². The Morgan fingerprint density at radius 3 is 2.65 bits per heavy atom. The van der Waals surface area contributed by atoms with Gasteiger partial charge < -0.3 is 0 Å². The molecule has 0 bridgehead atoms. The topological polar surface area (TPSA) is 41.6 Å². The van der Waals surface area contributed by atoms with Gasteiger partial charge in [-0.2, -0.15) is 10.4 Å². The number of hydrogen-bond acceptors (Lipinski definition) is 2. The smallest absolute Gasteiger partial charge is 0.0688 e. The Bertz CT molecular complexity index is 609. The minimum Gasteiger partial charge on any atom is -0.268 e. The fraction of sp³-hybridized carbons (Fsp3) is 0.412. The van der Waals surface area contributed by atoms with Gasteiger partial charge >= 0.3 is 0 Å². The molecule has 1 fully saturated rings. The summed E-state index contributed by atoms with van der Waals surface area (Å²) in [4.78, 5) is 0. The molecular formula is C17H19N3. The Labute approximate surface area is 119 Å². The van der Waals surface area contributed by atoms with Crippen LogP contribution in [0, 0.1) is 24.2 Å². The summed E-state index contributed by atoms with van der Waals surface area (Å²) in [5, 5.41) is 13.9. The maximum absolute atomic E-state index is 9.40. The van der Waals surface area contributed by atoms with Gasteiger partial charge in [-0.05, 0) is 43.7 Å². The van der Waals surface area contributed by atoms with Crippen molar-refractivity contribution in [3.63, 3.8) is 0 Å². The van der Waals surface area contributed by atoms with E-state index < -0.39 is 0 Å². The monoisotopic (exact) mass is 265 g/mol. The van der Waals surface area contributed by atoms with Crippen LogP contribution in [0.4, 0.5) is 0 Å². The molecule has 3 nitrogen and oxygen atoms in total. The molecule has 2 aromatic rings. The second-order valence-electron chi connectivity index (χ2n) is 5.66. The van der Waals surface area contributed by atoms with E-state index in [1.165, 1.54) is 5.56 Å². The van der Waals surface area contributed by atoms with E-state index >= 15 is 0 Å². The van der Waals surface area contributed by atoms with Crippen molar-refractivity contribution in [1.29, 1.82) is 5.26 Å². The fourth-order valence-electron chi connectivity index (χ4n) is 3.24. The van der Waals surface area contributed by atoms with Crippen LogP contribution >= 0.6 is 0 Å². The van der Waals surface area contributed by atoms with Crippen LogP contribution in [0.2, 0.25) is 0 Å². The van der Waals surface area contributed by atoms with Crippen LogP contribution < -0.4 is 0 Å². The number of benzene rings is 1. The first kappa shape index (κ1) is 12.9. The molecule has 3 unspecified atom stereocenters. The molecule has 3 heteroatoms. The minimum absolute atomic E-state index is 0.0780. The molecule has 0 saturated heterocycles. The van der Waals surface area contributed by atoms with Gasteiger partial charge in [0.2, 0.25) is 0 Å². The summed E-state index contributed by atoms with van der Waals surface area (Å²) >= 11 is 0. The summed E-state index contributed by atoms with van der Waals surface area (Å²) < 4.78 is 2.00. The second kappa shape index (κ2) is 5.50. The molecule has 1 aliphatic rings. The summed E-state index contributed by atoms with van der Waals surface area (Å²) in [6.07, 6.45) is 5.07. The van der Waals surface area contributed by atoms with Crippen LogP contribution in [0.1, 0.15) is 42.5 Å². The molecule has 3 rings (SSSR count). The van der Waals surface area contributed by atoms with E-state index in [0.29, 0.717) is 5.92 Å². The Morgan fingerprint density at radius 1 is 1.20 bits per heavy atom. The zero-order valence-corrected chi connectivity index (χ0v) is 11.7. The van der Waals surface area contributed by atoms with Crippen LogP contribution in [-0.4, -0.2) is 9.78 Å². The van der Waals surface area contributed by atoms with Gasteiger partial charge in [-0.3, -0.25) is 4.68 Å². The minimum atomic E-state index is 0.0780. The van der Waals surface area contributed by atoms with Crippen LogP contribution in [0.3, 0.4) is 0 Å². The lowest BCUT2D eigenvalue weighted by Gasteiger charge is -2.33. The molecule has 3 atom stereocenters. The molecule has 0 aliphatic heterocycles. The first-order chi connectivity index (χ1) is 9.78. The van der Waals surface area contributed by atoms with Gasteiger partial charge in [0.15, 0.2) is 0 Å². The zero-order chi connectivity index (χ0) is 13.9. The summed E-state index contributed by atoms with van der Waals surface area (Å²) in [5.41, 5.74) is 2.40. The Hall–Kier alpha value is -2.08. The van der Waals surface area contributed by atoms with E-state index in [1.807, 2.05) is 23.9 Å². The van der Waals surface area contributed by atoms with Crippen molar-refractivity contribution < 1.29 is 0 Å². The van der Waals surface area contributed by atoms with E-state index in [9.17, 15) is 5.26 Å². The molecule has 0 amide bonds. The van der Waals surface area contributed by atoms with Crippen molar-refractivity contribution in [2.24, 2.45) is 5.92 Å². The van der Waals surface area contributed by atoms with Crippen LogP contribution in [0.15, 0.2) is 42.6 Å². The van der Waals surface area contributed by atoms with Crippen molar-refractivity contribution >= 4 is 0 Å². The molecule has 1 aromatic heterocycles. The van der Waals surface area contributed by atoms with E-state index in [4.69, 9.17) is 0 Å². The third kappa shape index (κ3) is 2.46. The number of aromatic nitrogens is 2. The van der Waals surface area contributed by atoms with Gasteiger partial charge in [-0.15, -0.1) is 0 Å². The van der Waals surface area contributed by atoms with Crippen molar-refractivity contribution in [3.05, 3.63) is 53.9 Å². The number of hydrogen-bond donors (Lipinski definition) is 0. The first-order valence-corrected chi connectivity index (χ1v) is 7.24. The highest BCUT2D eigenvalue weighted by molar-refractivity contribution is 5.21. The molecule has 1 aromatic carbocycles. The summed E-state index contributed by atoms with van der Waals surface area (Å²) in [7, 11) is 0.